The van der Waals surface area contributed by atoms with Gasteiger partial charge in [-0.05, 0) is 36.1 Å². The van der Waals surface area contributed by atoms with Crippen LogP contribution in [-0.4, -0.2) is 9.97 Å². The Bertz CT molecular complexity index is 516. The summed E-state index contributed by atoms with van der Waals surface area (Å²) in [6, 6.07) is 6.21. The van der Waals surface area contributed by atoms with E-state index in [9.17, 15) is 0 Å². The molecule has 1 aromatic heterocycles. The lowest BCUT2D eigenvalue weighted by Gasteiger charge is -2.20. The van der Waals surface area contributed by atoms with E-state index >= 15 is 0 Å². The lowest BCUT2D eigenvalue weighted by atomic mass is 9.84. The maximum Gasteiger partial charge on any atom is 0.0923 e. The lowest BCUT2D eigenvalue weighted by Crippen LogP contribution is -2.22. The predicted octanol–water partition coefficient (Wildman–Crippen LogP) is 2.05. The highest BCUT2D eigenvalue weighted by Gasteiger charge is 2.35. The Kier molecular flexibility index (Phi) is 1.84. The Morgan fingerprint density at radius 2 is 2.12 bits per heavy atom. The Hall–Kier alpha value is -1.77. The van der Waals surface area contributed by atoms with Crippen molar-refractivity contribution in [3.63, 3.8) is 0 Å². The van der Waals surface area contributed by atoms with E-state index in [0.29, 0.717) is 0 Å². The summed E-state index contributed by atoms with van der Waals surface area (Å²) in [5, 5.41) is 0. The van der Waals surface area contributed by atoms with Gasteiger partial charge in [-0.15, -0.1) is 0 Å². The van der Waals surface area contributed by atoms with Crippen LogP contribution in [0.4, 0.5) is 5.69 Å². The van der Waals surface area contributed by atoms with Crippen LogP contribution in [0.25, 0.3) is 0 Å². The zero-order valence-electron chi connectivity index (χ0n) is 9.33. The van der Waals surface area contributed by atoms with Gasteiger partial charge in [-0.3, -0.25) is 0 Å². The summed E-state index contributed by atoms with van der Waals surface area (Å²) in [5.41, 5.74) is 10.7. The second-order valence-electron chi connectivity index (χ2n) is 4.90. The van der Waals surface area contributed by atoms with Crippen LogP contribution in [0.15, 0.2) is 30.7 Å². The van der Waals surface area contributed by atoms with E-state index in [2.05, 4.69) is 29.0 Å². The highest BCUT2D eigenvalue weighted by atomic mass is 14.9. The topological polar surface area (TPSA) is 54.7 Å². The van der Waals surface area contributed by atoms with Gasteiger partial charge in [0, 0.05) is 17.3 Å². The van der Waals surface area contributed by atoms with Crippen molar-refractivity contribution >= 4 is 5.69 Å². The van der Waals surface area contributed by atoms with Crippen molar-refractivity contribution in [2.24, 2.45) is 0 Å². The molecule has 1 aromatic carbocycles. The minimum atomic E-state index is 0.121. The van der Waals surface area contributed by atoms with Gasteiger partial charge >= 0.3 is 0 Å². The van der Waals surface area contributed by atoms with Crippen molar-refractivity contribution in [3.05, 3.63) is 47.5 Å². The van der Waals surface area contributed by atoms with Crippen LogP contribution in [0.2, 0.25) is 0 Å². The fraction of sp³-hybridized carbons (Fsp3) is 0.308. The summed E-state index contributed by atoms with van der Waals surface area (Å²) in [6.07, 6.45) is 5.82. The Morgan fingerprint density at radius 1 is 1.31 bits per heavy atom. The minimum Gasteiger partial charge on any atom is -0.399 e. The van der Waals surface area contributed by atoms with Gasteiger partial charge in [0.25, 0.3) is 0 Å². The number of hydrogen-bond acceptors (Lipinski definition) is 2. The largest absolute Gasteiger partial charge is 0.399 e. The Morgan fingerprint density at radius 3 is 2.88 bits per heavy atom. The average molecular weight is 213 g/mol. The summed E-state index contributed by atoms with van der Waals surface area (Å²) in [7, 11) is 0. The molecule has 1 aliphatic carbocycles. The predicted molar refractivity (Wildman–Crippen MR) is 64.2 cm³/mol. The molecular weight excluding hydrogens is 198 g/mol. The first kappa shape index (κ1) is 9.46. The fourth-order valence-electron chi connectivity index (χ4n) is 2.66. The van der Waals surface area contributed by atoms with Gasteiger partial charge in [0.15, 0.2) is 0 Å². The molecule has 0 fully saturated rings. The molecule has 1 aliphatic rings. The monoisotopic (exact) mass is 213 g/mol. The number of nitrogens with zero attached hydrogens (tertiary/aromatic N) is 1. The standard InChI is InChI=1S/C13H15N3/c1-13(12-7-15-8-16-12)5-9-2-3-11(14)4-10(9)6-13/h2-4,7-8H,5-6,14H2,1H3,(H,15,16). The zero-order valence-corrected chi connectivity index (χ0v) is 9.33. The summed E-state index contributed by atoms with van der Waals surface area (Å²) in [4.78, 5) is 7.42. The lowest BCUT2D eigenvalue weighted by molar-refractivity contribution is 0.490. The molecule has 3 nitrogen and oxygen atoms in total. The number of aromatic nitrogens is 2. The number of nitrogens with one attached hydrogen (secondary N) is 1. The number of fused-ring (bicyclic) bond motifs is 1. The van der Waals surface area contributed by atoms with Crippen molar-refractivity contribution in [3.8, 4) is 0 Å². The first-order valence-electron chi connectivity index (χ1n) is 5.54. The molecule has 0 amide bonds. The number of imidazole rings is 1. The maximum absolute atomic E-state index is 5.82. The molecule has 0 spiro atoms. The Labute approximate surface area is 94.7 Å². The van der Waals surface area contributed by atoms with Crippen molar-refractivity contribution in [1.29, 1.82) is 0 Å². The molecule has 3 heteroatoms. The number of nitrogen functional groups attached to an aromatic ring is 1. The highest BCUT2D eigenvalue weighted by Crippen LogP contribution is 2.39. The number of nitrogens with two attached hydrogens (primary N) is 1. The van der Waals surface area contributed by atoms with E-state index in [1.54, 1.807) is 6.33 Å². The van der Waals surface area contributed by atoms with E-state index in [4.69, 9.17) is 5.73 Å². The Balaban J connectivity index is 2.01. The van der Waals surface area contributed by atoms with Gasteiger partial charge in [0.2, 0.25) is 0 Å². The molecule has 0 bridgehead atoms. The van der Waals surface area contributed by atoms with Crippen molar-refractivity contribution in [2.45, 2.75) is 25.2 Å². The molecule has 3 N–H and O–H groups in total. The average Bonchev–Trinajstić information content (AvgIpc) is 2.83. The first-order valence-corrected chi connectivity index (χ1v) is 5.54. The van der Waals surface area contributed by atoms with Crippen LogP contribution in [-0.2, 0) is 18.3 Å². The number of hydrogen-bond donors (Lipinski definition) is 2. The van der Waals surface area contributed by atoms with Gasteiger partial charge < -0.3 is 10.7 Å². The van der Waals surface area contributed by atoms with Gasteiger partial charge in [-0.2, -0.15) is 0 Å². The molecule has 3 rings (SSSR count). The van der Waals surface area contributed by atoms with E-state index in [0.717, 1.165) is 24.2 Å². The highest BCUT2D eigenvalue weighted by molar-refractivity contribution is 5.49. The molecule has 82 valence electrons. The molecule has 0 saturated carbocycles. The third-order valence-corrected chi connectivity index (χ3v) is 3.51. The van der Waals surface area contributed by atoms with Crippen LogP contribution in [0.3, 0.4) is 0 Å². The second kappa shape index (κ2) is 3.11. The first-order chi connectivity index (χ1) is 7.67. The van der Waals surface area contributed by atoms with E-state index in [1.165, 1.54) is 11.1 Å². The normalized spacial score (nSPS) is 23.3. The molecule has 0 aliphatic heterocycles. The molecular formula is C13H15N3. The van der Waals surface area contributed by atoms with Crippen molar-refractivity contribution < 1.29 is 0 Å². The molecule has 1 unspecified atom stereocenters. The minimum absolute atomic E-state index is 0.121. The van der Waals surface area contributed by atoms with Gasteiger partial charge in [-0.1, -0.05) is 13.0 Å². The van der Waals surface area contributed by atoms with Crippen LogP contribution in [0.5, 0.6) is 0 Å². The number of benzene rings is 1. The van der Waals surface area contributed by atoms with Crippen LogP contribution < -0.4 is 5.73 Å². The number of aromatic amines is 1. The molecule has 0 radical (unpaired) electrons. The van der Waals surface area contributed by atoms with E-state index < -0.39 is 0 Å². The summed E-state index contributed by atoms with van der Waals surface area (Å²) < 4.78 is 0. The molecule has 1 heterocycles. The summed E-state index contributed by atoms with van der Waals surface area (Å²) in [6.45, 7) is 2.26. The van der Waals surface area contributed by atoms with E-state index in [-0.39, 0.29) is 5.41 Å². The quantitative estimate of drug-likeness (QED) is 0.712. The van der Waals surface area contributed by atoms with Gasteiger partial charge in [-0.25, -0.2) is 4.98 Å². The maximum atomic E-state index is 5.82. The van der Waals surface area contributed by atoms with E-state index in [1.807, 2.05) is 12.3 Å². The molecule has 0 saturated heterocycles. The second-order valence-corrected chi connectivity index (χ2v) is 4.90. The number of H-pyrrole nitrogens is 1. The molecule has 2 aromatic rings. The zero-order chi connectivity index (χ0) is 11.2. The van der Waals surface area contributed by atoms with Crippen LogP contribution in [0.1, 0.15) is 23.7 Å². The third-order valence-electron chi connectivity index (χ3n) is 3.51. The van der Waals surface area contributed by atoms with Crippen LogP contribution in [0, 0.1) is 0 Å². The van der Waals surface area contributed by atoms with Crippen molar-refractivity contribution in [2.75, 3.05) is 5.73 Å². The smallest absolute Gasteiger partial charge is 0.0923 e. The van der Waals surface area contributed by atoms with Gasteiger partial charge in [0.1, 0.15) is 0 Å². The van der Waals surface area contributed by atoms with Gasteiger partial charge in [0.05, 0.1) is 12.0 Å². The molecule has 1 atom stereocenters. The summed E-state index contributed by atoms with van der Waals surface area (Å²) >= 11 is 0. The van der Waals surface area contributed by atoms with Crippen molar-refractivity contribution in [1.82, 2.24) is 9.97 Å². The SMILES string of the molecule is CC1(c2c[nH]cn2)Cc2ccc(N)cc2C1. The van der Waals surface area contributed by atoms with Crippen LogP contribution >= 0.6 is 0 Å². The fourth-order valence-corrected chi connectivity index (χ4v) is 2.66. The third kappa shape index (κ3) is 1.32. The number of rotatable bonds is 1. The number of anilines is 1. The molecule has 16 heavy (non-hydrogen) atoms. The summed E-state index contributed by atoms with van der Waals surface area (Å²) in [5.74, 6) is 0.